The molecule has 2 atom stereocenters. The Morgan fingerprint density at radius 1 is 0.862 bits per heavy atom. The number of alkyl halides is 7. The lowest BCUT2D eigenvalue weighted by Gasteiger charge is -2.36. The van der Waals surface area contributed by atoms with Gasteiger partial charge in [-0.05, 0) is 0 Å². The van der Waals surface area contributed by atoms with Crippen LogP contribution in [-0.4, -0.2) is 36.3 Å². The van der Waals surface area contributed by atoms with Gasteiger partial charge >= 0.3 is 18.0 Å². The van der Waals surface area contributed by atoms with E-state index in [2.05, 4.69) is 4.74 Å². The monoisotopic (exact) mass is 438 g/mol. The van der Waals surface area contributed by atoms with Crippen LogP contribution < -0.4 is 0 Å². The summed E-state index contributed by atoms with van der Waals surface area (Å²) in [6, 6.07) is 1.88. The van der Waals surface area contributed by atoms with Crippen molar-refractivity contribution in [3.8, 4) is 12.1 Å². The van der Waals surface area contributed by atoms with Gasteiger partial charge in [-0.25, -0.2) is 17.6 Å². The van der Waals surface area contributed by atoms with Crippen LogP contribution in [0.1, 0.15) is 29.2 Å². The third kappa shape index (κ3) is 3.95. The zero-order valence-corrected chi connectivity index (χ0v) is 13.9. The van der Waals surface area contributed by atoms with Crippen molar-refractivity contribution in [2.24, 2.45) is 0 Å². The summed E-state index contributed by atoms with van der Waals surface area (Å²) in [5.41, 5.74) is -10.8. The molecule has 0 aromatic heterocycles. The molecule has 0 heterocycles. The predicted molar refractivity (Wildman–Crippen MR) is 72.1 cm³/mol. The lowest BCUT2D eigenvalue weighted by molar-refractivity contribution is -0.368. The van der Waals surface area contributed by atoms with E-state index < -0.39 is 70.8 Å². The quantitative estimate of drug-likeness (QED) is 0.555. The zero-order valence-electron chi connectivity index (χ0n) is 13.9. The number of aliphatic hydroxyl groups is 1. The Kier molecular flexibility index (Phi) is 6.78. The number of benzene rings is 1. The number of ether oxygens (including phenoxy) is 1. The number of methoxy groups -OCH3 is 1. The van der Waals surface area contributed by atoms with Crippen LogP contribution in [0.2, 0.25) is 0 Å². The summed E-state index contributed by atoms with van der Waals surface area (Å²) in [5, 5.41) is 27.1. The fourth-order valence-electron chi connectivity index (χ4n) is 2.45. The third-order valence-electron chi connectivity index (χ3n) is 3.90. The Labute approximate surface area is 155 Å². The van der Waals surface area contributed by atoms with E-state index in [0.29, 0.717) is 0 Å². The minimum Gasteiger partial charge on any atom is -0.388 e. The summed E-state index contributed by atoms with van der Waals surface area (Å²) in [7, 11) is 0.204. The summed E-state index contributed by atoms with van der Waals surface area (Å²) < 4.78 is 137. The van der Waals surface area contributed by atoms with E-state index >= 15 is 0 Å². The van der Waals surface area contributed by atoms with E-state index in [9.17, 15) is 49.0 Å². The second-order valence-corrected chi connectivity index (χ2v) is 5.51. The summed E-state index contributed by atoms with van der Waals surface area (Å²) in [6.45, 7) is 0. The average Bonchev–Trinajstić information content (AvgIpc) is 2.59. The van der Waals surface area contributed by atoms with Gasteiger partial charge in [0.1, 0.15) is 29.4 Å². The Morgan fingerprint density at radius 2 is 1.28 bits per heavy atom. The highest BCUT2D eigenvalue weighted by Crippen LogP contribution is 2.51. The SMILES string of the molecule is COC(CC(O)c1c(F)c(F)c(C#N)c(C#N)c1F)C(F)(C(F)(F)F)C(F)(F)F. The molecule has 0 aliphatic rings. The number of aliphatic hydroxyl groups excluding tert-OH is 1. The van der Waals surface area contributed by atoms with Crippen LogP contribution in [0, 0.1) is 40.1 Å². The van der Waals surface area contributed by atoms with Crippen molar-refractivity contribution in [3.05, 3.63) is 34.1 Å². The first kappa shape index (κ1) is 24.5. The molecular formula is C15H8F10N2O2. The molecule has 0 fully saturated rings. The van der Waals surface area contributed by atoms with Crippen LogP contribution in [0.15, 0.2) is 0 Å². The lowest BCUT2D eigenvalue weighted by Crippen LogP contribution is -2.61. The summed E-state index contributed by atoms with van der Waals surface area (Å²) in [4.78, 5) is 0. The van der Waals surface area contributed by atoms with Crippen molar-refractivity contribution in [3.63, 3.8) is 0 Å². The van der Waals surface area contributed by atoms with Gasteiger partial charge in [-0.1, -0.05) is 0 Å². The van der Waals surface area contributed by atoms with Gasteiger partial charge in [0.25, 0.3) is 0 Å². The maximum atomic E-state index is 14.2. The van der Waals surface area contributed by atoms with Crippen LogP contribution in [-0.2, 0) is 4.74 Å². The van der Waals surface area contributed by atoms with Gasteiger partial charge in [-0.15, -0.1) is 0 Å². The summed E-state index contributed by atoms with van der Waals surface area (Å²) >= 11 is 0. The molecule has 29 heavy (non-hydrogen) atoms. The maximum absolute atomic E-state index is 14.2. The van der Waals surface area contributed by atoms with E-state index in [1.807, 2.05) is 0 Å². The molecule has 0 saturated heterocycles. The number of rotatable bonds is 5. The molecule has 1 rings (SSSR count). The molecule has 160 valence electrons. The summed E-state index contributed by atoms with van der Waals surface area (Å²) in [6.07, 6.45) is -21.9. The van der Waals surface area contributed by atoms with Crippen molar-refractivity contribution in [1.29, 1.82) is 10.5 Å². The van der Waals surface area contributed by atoms with Crippen molar-refractivity contribution < 1.29 is 53.7 Å². The molecule has 1 aromatic carbocycles. The molecular weight excluding hydrogens is 430 g/mol. The van der Waals surface area contributed by atoms with Crippen LogP contribution in [0.4, 0.5) is 43.9 Å². The number of nitriles is 2. The first-order valence-corrected chi connectivity index (χ1v) is 7.13. The molecule has 4 nitrogen and oxygen atoms in total. The third-order valence-corrected chi connectivity index (χ3v) is 3.90. The molecule has 2 unspecified atom stereocenters. The van der Waals surface area contributed by atoms with Crippen LogP contribution in [0.5, 0.6) is 0 Å². The standard InChI is InChI=1S/C15H8F10N2O2/c1-29-8(13(19,14(20,21)22)15(23,24)25)2-7(28)9-10(16)5(3-26)6(4-27)11(17)12(9)18/h7-8,28H,2H2,1H3. The topological polar surface area (TPSA) is 77.0 Å². The van der Waals surface area contributed by atoms with E-state index in [-0.39, 0.29) is 7.11 Å². The Morgan fingerprint density at radius 3 is 1.62 bits per heavy atom. The molecule has 0 saturated carbocycles. The Balaban J connectivity index is 3.58. The van der Waals surface area contributed by atoms with Gasteiger partial charge in [-0.2, -0.15) is 36.9 Å². The Hall–Kier alpha value is -2.58. The Bertz CT molecular complexity index is 853. The van der Waals surface area contributed by atoms with Gasteiger partial charge in [0, 0.05) is 13.5 Å². The first-order valence-electron chi connectivity index (χ1n) is 7.13. The summed E-state index contributed by atoms with van der Waals surface area (Å²) in [5.74, 6) is -6.66. The zero-order chi connectivity index (χ0) is 22.9. The van der Waals surface area contributed by atoms with E-state index in [0.717, 1.165) is 12.1 Å². The number of nitrogens with zero attached hydrogens (tertiary/aromatic N) is 2. The molecule has 0 aliphatic heterocycles. The van der Waals surface area contributed by atoms with Crippen LogP contribution >= 0.6 is 0 Å². The van der Waals surface area contributed by atoms with Crippen molar-refractivity contribution >= 4 is 0 Å². The molecule has 0 spiro atoms. The smallest absolute Gasteiger partial charge is 0.388 e. The second-order valence-electron chi connectivity index (χ2n) is 5.51. The fraction of sp³-hybridized carbons (Fsp3) is 0.467. The molecule has 0 aliphatic carbocycles. The van der Waals surface area contributed by atoms with Gasteiger partial charge < -0.3 is 9.84 Å². The number of hydrogen-bond donors (Lipinski definition) is 1. The normalized spacial score (nSPS) is 14.8. The molecule has 0 bridgehead atoms. The van der Waals surface area contributed by atoms with Crippen molar-refractivity contribution in [1.82, 2.24) is 0 Å². The highest BCUT2D eigenvalue weighted by molar-refractivity contribution is 5.50. The van der Waals surface area contributed by atoms with Gasteiger partial charge in [-0.3, -0.25) is 0 Å². The largest absolute Gasteiger partial charge is 0.434 e. The highest BCUT2D eigenvalue weighted by atomic mass is 19.4. The minimum atomic E-state index is -6.61. The molecule has 0 radical (unpaired) electrons. The van der Waals surface area contributed by atoms with E-state index in [1.54, 1.807) is 0 Å². The maximum Gasteiger partial charge on any atom is 0.434 e. The van der Waals surface area contributed by atoms with Crippen molar-refractivity contribution in [2.45, 2.75) is 36.7 Å². The van der Waals surface area contributed by atoms with Gasteiger partial charge in [0.2, 0.25) is 0 Å². The molecule has 0 amide bonds. The van der Waals surface area contributed by atoms with Crippen LogP contribution in [0.25, 0.3) is 0 Å². The lowest BCUT2D eigenvalue weighted by atomic mass is 9.89. The minimum absolute atomic E-state index is 0.204. The molecule has 1 aromatic rings. The van der Waals surface area contributed by atoms with E-state index in [1.165, 1.54) is 0 Å². The predicted octanol–water partition coefficient (Wildman–Crippen LogP) is 4.12. The van der Waals surface area contributed by atoms with Gasteiger partial charge in [0.05, 0.1) is 11.7 Å². The van der Waals surface area contributed by atoms with Crippen LogP contribution in [0.3, 0.4) is 0 Å². The molecule has 1 N–H and O–H groups in total. The molecule has 14 heteroatoms. The van der Waals surface area contributed by atoms with Crippen molar-refractivity contribution in [2.75, 3.05) is 7.11 Å². The highest BCUT2D eigenvalue weighted by Gasteiger charge is 2.76. The first-order chi connectivity index (χ1) is 13.1. The number of halogens is 10. The fourth-order valence-corrected chi connectivity index (χ4v) is 2.45. The average molecular weight is 438 g/mol. The van der Waals surface area contributed by atoms with Gasteiger partial charge in [0.15, 0.2) is 17.5 Å². The number of hydrogen-bond acceptors (Lipinski definition) is 4. The van der Waals surface area contributed by atoms with E-state index in [4.69, 9.17) is 10.5 Å². The second kappa shape index (κ2) is 8.04.